The van der Waals surface area contributed by atoms with Crippen LogP contribution < -0.4 is 14.8 Å². The predicted molar refractivity (Wildman–Crippen MR) is 218 cm³/mol. The monoisotopic (exact) mass is 753 g/mol. The maximum Gasteiger partial charge on any atom is 0.338 e. The Morgan fingerprint density at radius 2 is 1.35 bits per heavy atom. The fourth-order valence-corrected chi connectivity index (χ4v) is 9.95. The molecule has 9 nitrogen and oxygen atoms in total. The van der Waals surface area contributed by atoms with Crippen LogP contribution in [0.15, 0.2) is 65.1 Å². The number of nitrogens with zero attached hydrogens (tertiary/aromatic N) is 2. The minimum Gasteiger partial charge on any atom is -0.460 e. The molecule has 55 heavy (non-hydrogen) atoms. The molecule has 4 fully saturated rings. The molecule has 4 saturated carbocycles. The molecule has 0 atom stereocenters. The quantitative estimate of drug-likeness (QED) is 0.0388. The second-order valence-corrected chi connectivity index (χ2v) is 15.7. The molecular weight excluding hydrogens is 693 g/mol. The zero-order chi connectivity index (χ0) is 38.2. The van der Waals surface area contributed by atoms with E-state index in [4.69, 9.17) is 28.1 Å². The van der Waals surface area contributed by atoms with Gasteiger partial charge in [-0.05, 0) is 114 Å². The molecule has 0 spiro atoms. The van der Waals surface area contributed by atoms with Gasteiger partial charge in [0.1, 0.15) is 31.0 Å². The van der Waals surface area contributed by atoms with Crippen LogP contribution in [0.1, 0.15) is 76.6 Å². The third-order valence-electron chi connectivity index (χ3n) is 12.2. The molecule has 4 bridgehead atoms. The Kier molecular flexibility index (Phi) is 13.2. The fraction of sp³-hybridized carbons (Fsp3) is 0.565. The Hall–Kier alpha value is -3.76. The van der Waals surface area contributed by atoms with Crippen molar-refractivity contribution >= 4 is 22.6 Å². The number of benzene rings is 3. The number of anilines is 1. The lowest BCUT2D eigenvalue weighted by molar-refractivity contribution is -0.169. The highest BCUT2D eigenvalue weighted by atomic mass is 16.6. The molecule has 6 aliphatic rings. The van der Waals surface area contributed by atoms with Gasteiger partial charge in [0.2, 0.25) is 5.36 Å². The van der Waals surface area contributed by atoms with Crippen LogP contribution in [0.2, 0.25) is 0 Å². The van der Waals surface area contributed by atoms with Gasteiger partial charge in [-0.3, -0.25) is 0 Å². The molecule has 0 unspecified atom stereocenters. The van der Waals surface area contributed by atoms with Crippen molar-refractivity contribution in [2.75, 3.05) is 83.9 Å². The zero-order valence-corrected chi connectivity index (χ0v) is 33.5. The molecule has 0 radical (unpaired) electrons. The molecule has 0 amide bonds. The molecular formula is C46H61N2O7+. The normalized spacial score (nSPS) is 21.4. The van der Waals surface area contributed by atoms with E-state index in [2.05, 4.69) is 73.6 Å². The van der Waals surface area contributed by atoms with Crippen molar-refractivity contribution in [1.29, 1.82) is 0 Å². The Labute approximate surface area is 326 Å². The summed E-state index contributed by atoms with van der Waals surface area (Å²) in [7, 11) is 0. The van der Waals surface area contributed by atoms with E-state index < -0.39 is 0 Å². The van der Waals surface area contributed by atoms with Gasteiger partial charge in [0, 0.05) is 47.4 Å². The second-order valence-electron chi connectivity index (χ2n) is 15.7. The lowest BCUT2D eigenvalue weighted by atomic mass is 9.54. The summed E-state index contributed by atoms with van der Waals surface area (Å²) in [5, 5.41) is 2.05. The van der Waals surface area contributed by atoms with Crippen molar-refractivity contribution in [2.24, 2.45) is 17.8 Å². The average molecular weight is 754 g/mol. The molecule has 2 aromatic carbocycles. The summed E-state index contributed by atoms with van der Waals surface area (Å²) in [6.07, 6.45) is 8.05. The molecule has 5 aliphatic carbocycles. The summed E-state index contributed by atoms with van der Waals surface area (Å²) in [5.41, 5.74) is 5.22. The first-order valence-electron chi connectivity index (χ1n) is 20.9. The van der Waals surface area contributed by atoms with Crippen molar-refractivity contribution in [3.63, 3.8) is 0 Å². The summed E-state index contributed by atoms with van der Waals surface area (Å²) in [4.78, 5) is 15.9. The number of hydrogen-bond donors (Lipinski definition) is 0. The minimum absolute atomic E-state index is 0.137. The van der Waals surface area contributed by atoms with Crippen LogP contribution >= 0.6 is 0 Å². The number of carbonyl (C=O) groups is 1. The van der Waals surface area contributed by atoms with Gasteiger partial charge in [-0.1, -0.05) is 18.2 Å². The molecule has 8 rings (SSSR count). The number of esters is 1. The maximum absolute atomic E-state index is 13.6. The third-order valence-corrected chi connectivity index (χ3v) is 12.2. The lowest BCUT2D eigenvalue weighted by Gasteiger charge is -2.56. The molecule has 1 heterocycles. The van der Waals surface area contributed by atoms with E-state index in [1.165, 1.54) is 38.5 Å². The van der Waals surface area contributed by atoms with Crippen molar-refractivity contribution in [1.82, 2.24) is 4.58 Å². The maximum atomic E-state index is 13.6. The third kappa shape index (κ3) is 9.12. The molecule has 296 valence electrons. The molecule has 0 N–H and O–H groups in total. The number of rotatable bonds is 20. The highest BCUT2D eigenvalue weighted by Crippen LogP contribution is 2.57. The van der Waals surface area contributed by atoms with Gasteiger partial charge in [0.05, 0.1) is 63.5 Å². The predicted octanol–water partition coefficient (Wildman–Crippen LogP) is 8.05. The van der Waals surface area contributed by atoms with Gasteiger partial charge in [0.15, 0.2) is 0 Å². The summed E-state index contributed by atoms with van der Waals surface area (Å²) < 4.78 is 38.4. The molecule has 0 aromatic heterocycles. The van der Waals surface area contributed by atoms with Crippen molar-refractivity contribution < 1.29 is 32.9 Å². The Morgan fingerprint density at radius 3 is 1.98 bits per heavy atom. The highest BCUT2D eigenvalue weighted by molar-refractivity contribution is 6.08. The summed E-state index contributed by atoms with van der Waals surface area (Å²) in [5.74, 6) is 3.06. The van der Waals surface area contributed by atoms with E-state index in [-0.39, 0.29) is 24.8 Å². The van der Waals surface area contributed by atoms with Gasteiger partial charge in [-0.15, -0.1) is 0 Å². The second kappa shape index (κ2) is 18.5. The van der Waals surface area contributed by atoms with Crippen molar-refractivity contribution in [3.05, 3.63) is 71.6 Å². The summed E-state index contributed by atoms with van der Waals surface area (Å²) >= 11 is 0. The van der Waals surface area contributed by atoms with Crippen molar-refractivity contribution in [2.45, 2.75) is 71.8 Å². The Morgan fingerprint density at radius 1 is 0.727 bits per heavy atom. The van der Waals surface area contributed by atoms with Gasteiger partial charge in [-0.25, -0.2) is 9.37 Å². The molecule has 2 aromatic rings. The largest absolute Gasteiger partial charge is 0.460 e. The number of ether oxygens (including phenoxy) is 5. The van der Waals surface area contributed by atoms with Crippen LogP contribution in [0, 0.1) is 17.8 Å². The fourth-order valence-electron chi connectivity index (χ4n) is 9.95. The average Bonchev–Trinajstić information content (AvgIpc) is 3.19. The first-order chi connectivity index (χ1) is 26.9. The zero-order valence-electron chi connectivity index (χ0n) is 33.5. The van der Waals surface area contributed by atoms with Crippen LogP contribution in [0.4, 0.5) is 5.69 Å². The van der Waals surface area contributed by atoms with Gasteiger partial charge < -0.3 is 33.0 Å². The standard InChI is InChI=1S/C46H61N2O7/c1-5-47(6-2)36-13-15-40-42(28-36)55-43-29-37(48(7-3)8-4)14-16-41(43)44(40)38-11-9-10-12-39(38)45(49)53-23-21-51-19-17-50-18-20-52-22-24-54-46-30-33-25-34(31-46)27-35(26-33)32-46/h9-16,28-29,33-35H,5-8,17-27,30-32H2,1-4H3/q+1. The molecule has 0 saturated heterocycles. The first kappa shape index (κ1) is 39.5. The SMILES string of the molecule is CCN(CC)c1ccc2c(-c3ccccc3C(=O)OCCOCCOCCOCCOC34CC5CC(CC(C5)C3)C4)c3ccc(=[N+](CC)CC)cc-3oc2c1. The smallest absolute Gasteiger partial charge is 0.338 e. The van der Waals surface area contributed by atoms with Crippen LogP contribution in [-0.4, -0.2) is 90.6 Å². The van der Waals surface area contributed by atoms with Crippen LogP contribution in [0.5, 0.6) is 0 Å². The summed E-state index contributed by atoms with van der Waals surface area (Å²) in [6, 6.07) is 20.4. The van der Waals surface area contributed by atoms with Gasteiger partial charge >= 0.3 is 5.97 Å². The van der Waals surface area contributed by atoms with Crippen LogP contribution in [0.3, 0.4) is 0 Å². The minimum atomic E-state index is -0.388. The van der Waals surface area contributed by atoms with Gasteiger partial charge in [0.25, 0.3) is 0 Å². The van der Waals surface area contributed by atoms with E-state index in [0.717, 1.165) is 88.4 Å². The first-order valence-corrected chi connectivity index (χ1v) is 20.9. The lowest BCUT2D eigenvalue weighted by Crippen LogP contribution is -2.52. The van der Waals surface area contributed by atoms with Crippen LogP contribution in [0.25, 0.3) is 33.4 Å². The number of fused-ring (bicyclic) bond motifs is 2. The van der Waals surface area contributed by atoms with Gasteiger partial charge in [-0.2, -0.15) is 0 Å². The van der Waals surface area contributed by atoms with E-state index in [1.807, 2.05) is 24.3 Å². The van der Waals surface area contributed by atoms with E-state index >= 15 is 0 Å². The van der Waals surface area contributed by atoms with Crippen molar-refractivity contribution in [3.8, 4) is 22.5 Å². The van der Waals surface area contributed by atoms with E-state index in [1.54, 1.807) is 0 Å². The highest BCUT2D eigenvalue weighted by Gasteiger charge is 2.51. The Balaban J connectivity index is 0.910. The Bertz CT molecular complexity index is 1890. The van der Waals surface area contributed by atoms with E-state index in [9.17, 15) is 4.79 Å². The summed E-state index contributed by atoms with van der Waals surface area (Å²) in [6.45, 7) is 15.8. The number of hydrogen-bond acceptors (Lipinski definition) is 8. The van der Waals surface area contributed by atoms with E-state index in [0.29, 0.717) is 45.2 Å². The van der Waals surface area contributed by atoms with Crippen LogP contribution in [-0.2, 0) is 23.7 Å². The molecule has 9 heteroatoms. The number of carbonyl (C=O) groups excluding carboxylic acids is 1. The molecule has 1 aliphatic heterocycles. The topological polar surface area (TPSA) is 82.6 Å².